The summed E-state index contributed by atoms with van der Waals surface area (Å²) >= 11 is 0. The number of nitrogens with zero attached hydrogens (tertiary/aromatic N) is 1. The van der Waals surface area contributed by atoms with Crippen molar-refractivity contribution in [3.63, 3.8) is 0 Å². The second-order valence-corrected chi connectivity index (χ2v) is 5.78. The number of fused-ring (bicyclic) bond motifs is 1. The first-order valence-corrected chi connectivity index (χ1v) is 7.70. The lowest BCUT2D eigenvalue weighted by Gasteiger charge is -2.31. The van der Waals surface area contributed by atoms with Crippen LogP contribution in [0.2, 0.25) is 0 Å². The smallest absolute Gasteiger partial charge is 0.307 e. The summed E-state index contributed by atoms with van der Waals surface area (Å²) in [5.74, 6) is -2.93. The van der Waals surface area contributed by atoms with Crippen molar-refractivity contribution in [3.8, 4) is 0 Å². The first-order chi connectivity index (χ1) is 11.6. The SMILES string of the molecule is O=C(CNC(=O)C1CCC1C(=O)O)Nc1cccc2cccnc12. The Balaban J connectivity index is 1.58. The molecule has 0 aliphatic heterocycles. The average molecular weight is 327 g/mol. The van der Waals surface area contributed by atoms with Gasteiger partial charge in [-0.05, 0) is 25.0 Å². The molecule has 1 aromatic heterocycles. The summed E-state index contributed by atoms with van der Waals surface area (Å²) in [6, 6.07) is 9.14. The summed E-state index contributed by atoms with van der Waals surface area (Å²) in [4.78, 5) is 39.2. The number of hydrogen-bond donors (Lipinski definition) is 3. The van der Waals surface area contributed by atoms with E-state index in [4.69, 9.17) is 5.11 Å². The fourth-order valence-electron chi connectivity index (χ4n) is 2.81. The van der Waals surface area contributed by atoms with Crippen molar-refractivity contribution in [2.24, 2.45) is 11.8 Å². The molecule has 1 aromatic carbocycles. The zero-order valence-electron chi connectivity index (χ0n) is 12.9. The summed E-state index contributed by atoms with van der Waals surface area (Å²) in [5.41, 5.74) is 1.24. The Kier molecular flexibility index (Phi) is 4.41. The number of para-hydroxylation sites is 1. The Morgan fingerprint density at radius 2 is 1.88 bits per heavy atom. The van der Waals surface area contributed by atoms with E-state index in [1.807, 2.05) is 24.3 Å². The second-order valence-electron chi connectivity index (χ2n) is 5.78. The molecule has 0 bridgehead atoms. The Morgan fingerprint density at radius 3 is 2.58 bits per heavy atom. The van der Waals surface area contributed by atoms with E-state index in [0.29, 0.717) is 24.0 Å². The summed E-state index contributed by atoms with van der Waals surface area (Å²) in [7, 11) is 0. The van der Waals surface area contributed by atoms with Gasteiger partial charge in [-0.15, -0.1) is 0 Å². The molecule has 2 aromatic rings. The van der Waals surface area contributed by atoms with Gasteiger partial charge in [0.25, 0.3) is 0 Å². The number of amides is 2. The molecule has 0 saturated heterocycles. The number of aliphatic carboxylic acids is 1. The summed E-state index contributed by atoms with van der Waals surface area (Å²) in [6.45, 7) is -0.203. The van der Waals surface area contributed by atoms with Crippen LogP contribution in [0.3, 0.4) is 0 Å². The van der Waals surface area contributed by atoms with Crippen LogP contribution in [-0.2, 0) is 14.4 Å². The minimum atomic E-state index is -0.965. The van der Waals surface area contributed by atoms with E-state index < -0.39 is 17.8 Å². The van der Waals surface area contributed by atoms with Gasteiger partial charge in [-0.25, -0.2) is 0 Å². The second kappa shape index (κ2) is 6.66. The maximum atomic E-state index is 12.0. The molecular formula is C17H17N3O4. The number of benzene rings is 1. The van der Waals surface area contributed by atoms with E-state index >= 15 is 0 Å². The van der Waals surface area contributed by atoms with Crippen molar-refractivity contribution in [2.45, 2.75) is 12.8 Å². The van der Waals surface area contributed by atoms with Crippen LogP contribution in [0.4, 0.5) is 5.69 Å². The molecule has 1 aliphatic carbocycles. The van der Waals surface area contributed by atoms with Crippen molar-refractivity contribution in [3.05, 3.63) is 36.5 Å². The fraction of sp³-hybridized carbons (Fsp3) is 0.294. The lowest BCUT2D eigenvalue weighted by Crippen LogP contribution is -2.45. The fourth-order valence-corrected chi connectivity index (χ4v) is 2.81. The number of hydrogen-bond acceptors (Lipinski definition) is 4. The van der Waals surface area contributed by atoms with E-state index in [0.717, 1.165) is 5.39 Å². The summed E-state index contributed by atoms with van der Waals surface area (Å²) in [6.07, 6.45) is 2.68. The van der Waals surface area contributed by atoms with Crippen LogP contribution in [0, 0.1) is 11.8 Å². The molecule has 7 heteroatoms. The normalized spacial score (nSPS) is 19.3. The van der Waals surface area contributed by atoms with Crippen molar-refractivity contribution in [1.29, 1.82) is 0 Å². The molecule has 0 radical (unpaired) electrons. The van der Waals surface area contributed by atoms with Gasteiger partial charge in [0.05, 0.1) is 29.6 Å². The number of anilines is 1. The van der Waals surface area contributed by atoms with E-state index in [2.05, 4.69) is 15.6 Å². The van der Waals surface area contributed by atoms with Crippen LogP contribution < -0.4 is 10.6 Å². The number of carbonyl (C=O) groups excluding carboxylic acids is 2. The number of pyridine rings is 1. The topological polar surface area (TPSA) is 108 Å². The maximum Gasteiger partial charge on any atom is 0.307 e. The molecule has 24 heavy (non-hydrogen) atoms. The summed E-state index contributed by atoms with van der Waals surface area (Å²) in [5, 5.41) is 15.1. The van der Waals surface area contributed by atoms with E-state index in [1.54, 1.807) is 12.3 Å². The monoisotopic (exact) mass is 327 g/mol. The van der Waals surface area contributed by atoms with Crippen molar-refractivity contribution in [2.75, 3.05) is 11.9 Å². The Morgan fingerprint density at radius 1 is 1.12 bits per heavy atom. The number of nitrogens with one attached hydrogen (secondary N) is 2. The standard InChI is InChI=1S/C17H17N3O4/c21-14(9-19-16(22)11-6-7-12(11)17(23)24)20-13-5-1-3-10-4-2-8-18-15(10)13/h1-5,8,11-12H,6-7,9H2,(H,19,22)(H,20,21)(H,23,24). The zero-order valence-corrected chi connectivity index (χ0v) is 12.9. The maximum absolute atomic E-state index is 12.0. The predicted molar refractivity (Wildman–Crippen MR) is 87.2 cm³/mol. The molecule has 124 valence electrons. The molecule has 3 rings (SSSR count). The van der Waals surface area contributed by atoms with Gasteiger partial charge < -0.3 is 15.7 Å². The van der Waals surface area contributed by atoms with Gasteiger partial charge in [0.15, 0.2) is 0 Å². The van der Waals surface area contributed by atoms with Gasteiger partial charge in [-0.2, -0.15) is 0 Å². The molecule has 1 fully saturated rings. The number of aromatic nitrogens is 1. The van der Waals surface area contributed by atoms with Crippen LogP contribution in [0.1, 0.15) is 12.8 Å². The number of carboxylic acids is 1. The number of rotatable bonds is 5. The highest BCUT2D eigenvalue weighted by Gasteiger charge is 2.41. The minimum absolute atomic E-state index is 0.203. The molecular weight excluding hydrogens is 310 g/mol. The van der Waals surface area contributed by atoms with Crippen molar-refractivity contribution >= 4 is 34.4 Å². The average Bonchev–Trinajstić information content (AvgIpc) is 2.52. The Bertz CT molecular complexity index is 800. The molecule has 3 N–H and O–H groups in total. The zero-order chi connectivity index (χ0) is 17.1. The van der Waals surface area contributed by atoms with Gasteiger partial charge in [0.1, 0.15) is 0 Å². The number of carbonyl (C=O) groups is 3. The van der Waals surface area contributed by atoms with Crippen LogP contribution in [0.25, 0.3) is 10.9 Å². The first-order valence-electron chi connectivity index (χ1n) is 7.70. The molecule has 1 heterocycles. The largest absolute Gasteiger partial charge is 0.481 e. The minimum Gasteiger partial charge on any atom is -0.481 e. The highest BCUT2D eigenvalue weighted by Crippen LogP contribution is 2.34. The third kappa shape index (κ3) is 3.19. The molecule has 0 spiro atoms. The molecule has 2 amide bonds. The predicted octanol–water partition coefficient (Wildman–Crippen LogP) is 1.40. The van der Waals surface area contributed by atoms with Gasteiger partial charge in [-0.3, -0.25) is 19.4 Å². The molecule has 2 unspecified atom stereocenters. The molecule has 2 atom stereocenters. The van der Waals surface area contributed by atoms with Crippen LogP contribution >= 0.6 is 0 Å². The van der Waals surface area contributed by atoms with Gasteiger partial charge in [0.2, 0.25) is 11.8 Å². The van der Waals surface area contributed by atoms with Crippen LogP contribution in [0.5, 0.6) is 0 Å². The van der Waals surface area contributed by atoms with E-state index in [-0.39, 0.29) is 18.4 Å². The van der Waals surface area contributed by atoms with Gasteiger partial charge in [-0.1, -0.05) is 18.2 Å². The highest BCUT2D eigenvalue weighted by atomic mass is 16.4. The highest BCUT2D eigenvalue weighted by molar-refractivity contribution is 6.02. The van der Waals surface area contributed by atoms with E-state index in [1.165, 1.54) is 0 Å². The molecule has 7 nitrogen and oxygen atoms in total. The van der Waals surface area contributed by atoms with Gasteiger partial charge >= 0.3 is 5.97 Å². The number of carboxylic acid groups (broad SMARTS) is 1. The van der Waals surface area contributed by atoms with Crippen LogP contribution in [-0.4, -0.2) is 34.4 Å². The third-order valence-corrected chi connectivity index (χ3v) is 4.26. The lowest BCUT2D eigenvalue weighted by atomic mass is 9.73. The van der Waals surface area contributed by atoms with Crippen molar-refractivity contribution < 1.29 is 19.5 Å². The summed E-state index contributed by atoms with van der Waals surface area (Å²) < 4.78 is 0. The lowest BCUT2D eigenvalue weighted by molar-refractivity contribution is -0.152. The van der Waals surface area contributed by atoms with E-state index in [9.17, 15) is 14.4 Å². The molecule has 1 saturated carbocycles. The third-order valence-electron chi connectivity index (χ3n) is 4.26. The van der Waals surface area contributed by atoms with Crippen LogP contribution in [0.15, 0.2) is 36.5 Å². The molecule has 1 aliphatic rings. The van der Waals surface area contributed by atoms with Crippen molar-refractivity contribution in [1.82, 2.24) is 10.3 Å². The Hall–Kier alpha value is -2.96. The Labute approximate surface area is 138 Å². The quantitative estimate of drug-likeness (QED) is 0.769. The first kappa shape index (κ1) is 15.9. The van der Waals surface area contributed by atoms with Gasteiger partial charge in [0, 0.05) is 11.6 Å².